The maximum absolute atomic E-state index is 11.7. The van der Waals surface area contributed by atoms with E-state index in [2.05, 4.69) is 22.4 Å². The number of nitrogens with one attached hydrogen (secondary N) is 2. The van der Waals surface area contributed by atoms with Gasteiger partial charge in [-0.15, -0.1) is 0 Å². The molecule has 0 radical (unpaired) electrons. The number of H-pyrrole nitrogens is 1. The molecule has 0 atom stereocenters. The Labute approximate surface area is 108 Å². The molecule has 18 heavy (non-hydrogen) atoms. The quantitative estimate of drug-likeness (QED) is 0.856. The molecule has 3 heteroatoms. The van der Waals surface area contributed by atoms with E-state index in [1.807, 2.05) is 39.1 Å². The van der Waals surface area contributed by atoms with E-state index >= 15 is 0 Å². The Balaban J connectivity index is 1.97. The van der Waals surface area contributed by atoms with Crippen molar-refractivity contribution in [2.45, 2.75) is 27.2 Å². The molecule has 0 spiro atoms. The van der Waals surface area contributed by atoms with E-state index in [0.29, 0.717) is 6.54 Å². The fourth-order valence-electron chi connectivity index (χ4n) is 1.91. The zero-order valence-corrected chi connectivity index (χ0v) is 11.2. The third kappa shape index (κ3) is 2.73. The zero-order valence-electron chi connectivity index (χ0n) is 11.2. The molecule has 1 aromatic heterocycles. The van der Waals surface area contributed by atoms with Crippen LogP contribution >= 0.6 is 0 Å². The van der Waals surface area contributed by atoms with Crippen molar-refractivity contribution >= 4 is 16.8 Å². The molecule has 0 aliphatic heterocycles. The molecule has 1 amide bonds. The lowest BCUT2D eigenvalue weighted by Gasteiger charge is -2.17. The summed E-state index contributed by atoms with van der Waals surface area (Å²) in [5, 5.41) is 4.21. The van der Waals surface area contributed by atoms with Gasteiger partial charge in [-0.3, -0.25) is 4.79 Å². The molecule has 0 unspecified atom stereocenters. The number of aromatic amines is 1. The highest BCUT2D eigenvalue weighted by Gasteiger charge is 2.20. The van der Waals surface area contributed by atoms with Gasteiger partial charge in [-0.25, -0.2) is 0 Å². The van der Waals surface area contributed by atoms with Crippen molar-refractivity contribution in [3.63, 3.8) is 0 Å². The van der Waals surface area contributed by atoms with Crippen molar-refractivity contribution in [3.05, 3.63) is 36.0 Å². The van der Waals surface area contributed by atoms with Crippen molar-refractivity contribution in [1.29, 1.82) is 0 Å². The Bertz CT molecular complexity index is 549. The smallest absolute Gasteiger partial charge is 0.225 e. The van der Waals surface area contributed by atoms with E-state index in [-0.39, 0.29) is 11.3 Å². The first-order chi connectivity index (χ1) is 8.48. The van der Waals surface area contributed by atoms with Crippen molar-refractivity contribution in [2.75, 3.05) is 6.54 Å². The third-order valence-electron chi connectivity index (χ3n) is 3.04. The lowest BCUT2D eigenvalue weighted by atomic mass is 9.95. The van der Waals surface area contributed by atoms with Gasteiger partial charge in [0.25, 0.3) is 0 Å². The molecule has 1 aromatic carbocycles. The predicted octanol–water partition coefficient (Wildman–Crippen LogP) is 2.87. The van der Waals surface area contributed by atoms with Gasteiger partial charge in [-0.05, 0) is 18.1 Å². The fraction of sp³-hybridized carbons (Fsp3) is 0.400. The van der Waals surface area contributed by atoms with Gasteiger partial charge in [0, 0.05) is 29.1 Å². The van der Waals surface area contributed by atoms with Gasteiger partial charge >= 0.3 is 0 Å². The van der Waals surface area contributed by atoms with Gasteiger partial charge in [0.15, 0.2) is 0 Å². The highest BCUT2D eigenvalue weighted by atomic mass is 16.2. The number of benzene rings is 1. The number of hydrogen-bond donors (Lipinski definition) is 2. The summed E-state index contributed by atoms with van der Waals surface area (Å²) in [6, 6.07) is 8.22. The summed E-state index contributed by atoms with van der Waals surface area (Å²) in [5.74, 6) is 0.0994. The highest BCUT2D eigenvalue weighted by Crippen LogP contribution is 2.18. The molecule has 1 heterocycles. The Morgan fingerprint density at radius 2 is 2.00 bits per heavy atom. The number of aromatic nitrogens is 1. The van der Waals surface area contributed by atoms with Crippen LogP contribution in [0.1, 0.15) is 26.3 Å². The molecule has 2 rings (SSSR count). The molecule has 0 saturated carbocycles. The van der Waals surface area contributed by atoms with Crippen LogP contribution in [0.3, 0.4) is 0 Å². The molecule has 0 fully saturated rings. The molecule has 2 N–H and O–H groups in total. The minimum absolute atomic E-state index is 0.0994. The number of hydrogen-bond acceptors (Lipinski definition) is 1. The molecule has 0 bridgehead atoms. The normalized spacial score (nSPS) is 11.7. The molecule has 2 aromatic rings. The first-order valence-corrected chi connectivity index (χ1v) is 6.32. The van der Waals surface area contributed by atoms with Crippen LogP contribution in [0.4, 0.5) is 0 Å². The second-order valence-corrected chi connectivity index (χ2v) is 5.62. The topological polar surface area (TPSA) is 44.9 Å². The summed E-state index contributed by atoms with van der Waals surface area (Å²) in [7, 11) is 0. The average molecular weight is 244 g/mol. The van der Waals surface area contributed by atoms with Gasteiger partial charge in [-0.1, -0.05) is 39.0 Å². The summed E-state index contributed by atoms with van der Waals surface area (Å²) >= 11 is 0. The molecule has 96 valence electrons. The van der Waals surface area contributed by atoms with Crippen LogP contribution < -0.4 is 5.32 Å². The SMILES string of the molecule is CC(C)(C)C(=O)NCCc1c[nH]c2ccccc12. The Morgan fingerprint density at radius 1 is 1.28 bits per heavy atom. The van der Waals surface area contributed by atoms with E-state index in [1.165, 1.54) is 10.9 Å². The monoisotopic (exact) mass is 244 g/mol. The Kier molecular flexibility index (Phi) is 3.41. The van der Waals surface area contributed by atoms with E-state index in [0.717, 1.165) is 11.9 Å². The lowest BCUT2D eigenvalue weighted by molar-refractivity contribution is -0.128. The van der Waals surface area contributed by atoms with Crippen LogP contribution in [0.25, 0.3) is 10.9 Å². The minimum Gasteiger partial charge on any atom is -0.361 e. The highest BCUT2D eigenvalue weighted by molar-refractivity contribution is 5.83. The zero-order chi connectivity index (χ0) is 13.2. The number of carbonyl (C=O) groups excluding carboxylic acids is 1. The van der Waals surface area contributed by atoms with Crippen LogP contribution in [0.5, 0.6) is 0 Å². The van der Waals surface area contributed by atoms with Gasteiger partial charge in [0.05, 0.1) is 0 Å². The van der Waals surface area contributed by atoms with Gasteiger partial charge in [0.1, 0.15) is 0 Å². The average Bonchev–Trinajstić information content (AvgIpc) is 2.71. The van der Waals surface area contributed by atoms with Gasteiger partial charge < -0.3 is 10.3 Å². The third-order valence-corrected chi connectivity index (χ3v) is 3.04. The Hall–Kier alpha value is -1.77. The molecular weight excluding hydrogens is 224 g/mol. The van der Waals surface area contributed by atoms with Crippen LogP contribution in [0.2, 0.25) is 0 Å². The lowest BCUT2D eigenvalue weighted by Crippen LogP contribution is -2.35. The number of carbonyl (C=O) groups is 1. The van der Waals surface area contributed by atoms with Crippen LogP contribution in [0.15, 0.2) is 30.5 Å². The second-order valence-electron chi connectivity index (χ2n) is 5.62. The number of amides is 1. The maximum Gasteiger partial charge on any atom is 0.225 e. The Morgan fingerprint density at radius 3 is 2.72 bits per heavy atom. The van der Waals surface area contributed by atoms with Crippen LogP contribution in [-0.2, 0) is 11.2 Å². The van der Waals surface area contributed by atoms with Gasteiger partial charge in [-0.2, -0.15) is 0 Å². The first kappa shape index (κ1) is 12.7. The number of rotatable bonds is 3. The summed E-state index contributed by atoms with van der Waals surface area (Å²) in [6.07, 6.45) is 2.87. The summed E-state index contributed by atoms with van der Waals surface area (Å²) in [5.41, 5.74) is 2.08. The van der Waals surface area contributed by atoms with Crippen molar-refractivity contribution in [3.8, 4) is 0 Å². The van der Waals surface area contributed by atoms with E-state index in [9.17, 15) is 4.79 Å². The van der Waals surface area contributed by atoms with Crippen LogP contribution in [-0.4, -0.2) is 17.4 Å². The number of fused-ring (bicyclic) bond motifs is 1. The molecule has 0 aliphatic rings. The minimum atomic E-state index is -0.319. The van der Waals surface area contributed by atoms with Gasteiger partial charge in [0.2, 0.25) is 5.91 Å². The molecular formula is C15H20N2O. The summed E-state index contributed by atoms with van der Waals surface area (Å²) < 4.78 is 0. The standard InChI is InChI=1S/C15H20N2O/c1-15(2,3)14(18)16-9-8-11-10-17-13-7-5-4-6-12(11)13/h4-7,10,17H,8-9H2,1-3H3,(H,16,18). The van der Waals surface area contributed by atoms with E-state index < -0.39 is 0 Å². The van der Waals surface area contributed by atoms with Crippen molar-refractivity contribution in [2.24, 2.45) is 5.41 Å². The molecule has 0 aliphatic carbocycles. The number of para-hydroxylation sites is 1. The van der Waals surface area contributed by atoms with Crippen molar-refractivity contribution in [1.82, 2.24) is 10.3 Å². The first-order valence-electron chi connectivity index (χ1n) is 6.32. The van der Waals surface area contributed by atoms with Crippen LogP contribution in [0, 0.1) is 5.41 Å². The van der Waals surface area contributed by atoms with E-state index in [1.54, 1.807) is 0 Å². The molecule has 3 nitrogen and oxygen atoms in total. The largest absolute Gasteiger partial charge is 0.361 e. The van der Waals surface area contributed by atoms with Crippen molar-refractivity contribution < 1.29 is 4.79 Å². The summed E-state index contributed by atoms with van der Waals surface area (Å²) in [6.45, 7) is 6.45. The molecule has 0 saturated heterocycles. The summed E-state index contributed by atoms with van der Waals surface area (Å²) in [4.78, 5) is 15.0. The predicted molar refractivity (Wildman–Crippen MR) is 74.5 cm³/mol. The van der Waals surface area contributed by atoms with E-state index in [4.69, 9.17) is 0 Å². The maximum atomic E-state index is 11.7. The fourth-order valence-corrected chi connectivity index (χ4v) is 1.91. The second kappa shape index (κ2) is 4.84.